The van der Waals surface area contributed by atoms with E-state index in [1.165, 1.54) is 0 Å². The van der Waals surface area contributed by atoms with Crippen LogP contribution in [0, 0.1) is 12.8 Å². The Morgan fingerprint density at radius 3 is 2.75 bits per heavy atom. The minimum Gasteiger partial charge on any atom is -0.319 e. The van der Waals surface area contributed by atoms with E-state index in [1.54, 1.807) is 11.3 Å². The zero-order valence-electron chi connectivity index (χ0n) is 12.5. The molecule has 2 heterocycles. The van der Waals surface area contributed by atoms with Gasteiger partial charge in [0.1, 0.15) is 11.2 Å². The Hall–Kier alpha value is -0.940. The summed E-state index contributed by atoms with van der Waals surface area (Å²) in [5.41, 5.74) is 0.732. The third kappa shape index (κ3) is 2.27. The molecule has 1 aliphatic heterocycles. The van der Waals surface area contributed by atoms with E-state index in [-0.39, 0.29) is 11.7 Å². The molecule has 1 aromatic rings. The van der Waals surface area contributed by atoms with Gasteiger partial charge in [-0.1, -0.05) is 26.7 Å². The Bertz CT molecular complexity index is 505. The summed E-state index contributed by atoms with van der Waals surface area (Å²) in [4.78, 5) is 19.5. The van der Waals surface area contributed by atoms with Crippen molar-refractivity contribution < 1.29 is 4.79 Å². The van der Waals surface area contributed by atoms with E-state index in [9.17, 15) is 4.79 Å². The maximum Gasteiger partial charge on any atom is 0.244 e. The quantitative estimate of drug-likeness (QED) is 0.932. The van der Waals surface area contributed by atoms with Gasteiger partial charge in [-0.3, -0.25) is 10.1 Å². The standard InChI is InChI=1S/C15H23N3OS/c1-10(2)8-18-12(13-16-11(3)9-20-13)17-15(14(18)19)6-4-5-7-15/h9-10,12,17H,4-8H2,1-3H3/t12-/m0/s1. The van der Waals surface area contributed by atoms with Crippen LogP contribution in [0.15, 0.2) is 5.38 Å². The van der Waals surface area contributed by atoms with Crippen LogP contribution < -0.4 is 5.32 Å². The second-order valence-electron chi connectivity index (χ2n) is 6.51. The lowest BCUT2D eigenvalue weighted by Gasteiger charge is -2.24. The highest BCUT2D eigenvalue weighted by Crippen LogP contribution is 2.41. The Labute approximate surface area is 124 Å². The number of aryl methyl sites for hydroxylation is 1. The van der Waals surface area contributed by atoms with Gasteiger partial charge in [0.05, 0.1) is 5.54 Å². The SMILES string of the molecule is Cc1csc([C@H]2NC3(CCCC3)C(=O)N2CC(C)C)n1. The number of hydrogen-bond donors (Lipinski definition) is 1. The Balaban J connectivity index is 1.92. The van der Waals surface area contributed by atoms with Crippen molar-refractivity contribution in [2.45, 2.75) is 58.2 Å². The zero-order chi connectivity index (χ0) is 14.3. The molecule has 1 saturated carbocycles. The van der Waals surface area contributed by atoms with Crippen molar-refractivity contribution in [3.8, 4) is 0 Å². The van der Waals surface area contributed by atoms with Gasteiger partial charge >= 0.3 is 0 Å². The van der Waals surface area contributed by atoms with E-state index in [0.717, 1.165) is 42.9 Å². The van der Waals surface area contributed by atoms with Crippen molar-refractivity contribution in [1.82, 2.24) is 15.2 Å². The molecule has 110 valence electrons. The number of carbonyl (C=O) groups excluding carboxylic acids is 1. The smallest absolute Gasteiger partial charge is 0.244 e. The molecule has 3 rings (SSSR count). The van der Waals surface area contributed by atoms with Crippen LogP contribution in [0.2, 0.25) is 0 Å². The van der Waals surface area contributed by atoms with Gasteiger partial charge < -0.3 is 4.90 Å². The van der Waals surface area contributed by atoms with Gasteiger partial charge in [-0.15, -0.1) is 11.3 Å². The molecule has 1 saturated heterocycles. The second kappa shape index (κ2) is 5.11. The minimum absolute atomic E-state index is 0.0262. The fraction of sp³-hybridized carbons (Fsp3) is 0.733. The fourth-order valence-electron chi connectivity index (χ4n) is 3.40. The Morgan fingerprint density at radius 1 is 1.50 bits per heavy atom. The first-order chi connectivity index (χ1) is 9.52. The van der Waals surface area contributed by atoms with Crippen LogP contribution >= 0.6 is 11.3 Å². The number of rotatable bonds is 3. The number of amides is 1. The fourth-order valence-corrected chi connectivity index (χ4v) is 4.26. The molecular formula is C15H23N3OS. The van der Waals surface area contributed by atoms with Crippen LogP contribution in [-0.4, -0.2) is 27.9 Å². The molecule has 1 aromatic heterocycles. The molecule has 4 nitrogen and oxygen atoms in total. The highest BCUT2D eigenvalue weighted by atomic mass is 32.1. The summed E-state index contributed by atoms with van der Waals surface area (Å²) in [5.74, 6) is 0.766. The second-order valence-corrected chi connectivity index (χ2v) is 7.40. The number of hydrogen-bond acceptors (Lipinski definition) is 4. The monoisotopic (exact) mass is 293 g/mol. The number of carbonyl (C=O) groups is 1. The molecule has 1 spiro atoms. The van der Waals surface area contributed by atoms with E-state index in [0.29, 0.717) is 11.8 Å². The van der Waals surface area contributed by atoms with E-state index in [2.05, 4.69) is 29.5 Å². The lowest BCUT2D eigenvalue weighted by molar-refractivity contribution is -0.133. The predicted molar refractivity (Wildman–Crippen MR) is 80.5 cm³/mol. The van der Waals surface area contributed by atoms with Crippen molar-refractivity contribution in [1.29, 1.82) is 0 Å². The minimum atomic E-state index is -0.306. The average molecular weight is 293 g/mol. The maximum absolute atomic E-state index is 12.9. The molecule has 0 radical (unpaired) electrons. The first kappa shape index (κ1) is 14.0. The number of thiazole rings is 1. The zero-order valence-corrected chi connectivity index (χ0v) is 13.3. The molecular weight excluding hydrogens is 270 g/mol. The topological polar surface area (TPSA) is 45.2 Å². The van der Waals surface area contributed by atoms with Crippen LogP contribution in [0.1, 0.15) is 56.4 Å². The van der Waals surface area contributed by atoms with Gasteiger partial charge in [-0.2, -0.15) is 0 Å². The van der Waals surface area contributed by atoms with Gasteiger partial charge in [0.2, 0.25) is 5.91 Å². The van der Waals surface area contributed by atoms with Crippen LogP contribution in [0.4, 0.5) is 0 Å². The molecule has 1 aliphatic carbocycles. The first-order valence-corrected chi connectivity index (χ1v) is 8.40. The lowest BCUT2D eigenvalue weighted by atomic mass is 9.98. The number of nitrogens with one attached hydrogen (secondary N) is 1. The van der Waals surface area contributed by atoms with Crippen LogP contribution in [0.3, 0.4) is 0 Å². The van der Waals surface area contributed by atoms with E-state index in [1.807, 2.05) is 11.8 Å². The highest BCUT2D eigenvalue weighted by molar-refractivity contribution is 7.09. The van der Waals surface area contributed by atoms with E-state index in [4.69, 9.17) is 0 Å². The average Bonchev–Trinajstić information content (AvgIpc) is 3.07. The van der Waals surface area contributed by atoms with Crippen LogP contribution in [-0.2, 0) is 4.79 Å². The number of aromatic nitrogens is 1. The maximum atomic E-state index is 12.9. The van der Waals surface area contributed by atoms with Gasteiger partial charge in [0.15, 0.2) is 0 Å². The molecule has 2 fully saturated rings. The van der Waals surface area contributed by atoms with Crippen molar-refractivity contribution in [3.05, 3.63) is 16.1 Å². The number of nitrogens with zero attached hydrogens (tertiary/aromatic N) is 2. The van der Waals surface area contributed by atoms with Gasteiger partial charge in [0.25, 0.3) is 0 Å². The predicted octanol–water partition coefficient (Wildman–Crippen LogP) is 2.85. The van der Waals surface area contributed by atoms with Gasteiger partial charge in [0, 0.05) is 17.6 Å². The Morgan fingerprint density at radius 2 is 2.20 bits per heavy atom. The summed E-state index contributed by atoms with van der Waals surface area (Å²) in [7, 11) is 0. The van der Waals surface area contributed by atoms with Gasteiger partial charge in [-0.05, 0) is 25.7 Å². The normalized spacial score (nSPS) is 25.3. The molecule has 5 heteroatoms. The molecule has 1 N–H and O–H groups in total. The molecule has 2 aliphatic rings. The first-order valence-electron chi connectivity index (χ1n) is 7.53. The lowest BCUT2D eigenvalue weighted by Crippen LogP contribution is -2.44. The van der Waals surface area contributed by atoms with Crippen molar-refractivity contribution >= 4 is 17.2 Å². The molecule has 20 heavy (non-hydrogen) atoms. The van der Waals surface area contributed by atoms with Crippen molar-refractivity contribution in [3.63, 3.8) is 0 Å². The van der Waals surface area contributed by atoms with E-state index >= 15 is 0 Å². The highest BCUT2D eigenvalue weighted by Gasteiger charge is 2.53. The van der Waals surface area contributed by atoms with Crippen LogP contribution in [0.25, 0.3) is 0 Å². The summed E-state index contributed by atoms with van der Waals surface area (Å²) in [6.07, 6.45) is 4.22. The molecule has 0 bridgehead atoms. The molecule has 1 amide bonds. The Kier molecular flexibility index (Phi) is 3.58. The molecule has 0 unspecified atom stereocenters. The largest absolute Gasteiger partial charge is 0.319 e. The van der Waals surface area contributed by atoms with Gasteiger partial charge in [-0.25, -0.2) is 4.98 Å². The molecule has 1 atom stereocenters. The summed E-state index contributed by atoms with van der Waals surface area (Å²) >= 11 is 1.65. The summed E-state index contributed by atoms with van der Waals surface area (Å²) in [6, 6.07) is 0. The third-order valence-corrected chi connectivity index (χ3v) is 5.30. The molecule has 0 aromatic carbocycles. The third-order valence-electron chi connectivity index (χ3n) is 4.28. The summed E-state index contributed by atoms with van der Waals surface area (Å²) < 4.78 is 0. The summed E-state index contributed by atoms with van der Waals surface area (Å²) in [6.45, 7) is 7.14. The van der Waals surface area contributed by atoms with Crippen molar-refractivity contribution in [2.75, 3.05) is 6.54 Å². The summed E-state index contributed by atoms with van der Waals surface area (Å²) in [5, 5.41) is 6.72. The van der Waals surface area contributed by atoms with E-state index < -0.39 is 0 Å². The van der Waals surface area contributed by atoms with Crippen LogP contribution in [0.5, 0.6) is 0 Å². The van der Waals surface area contributed by atoms with Crippen molar-refractivity contribution in [2.24, 2.45) is 5.92 Å².